The van der Waals surface area contributed by atoms with E-state index >= 15 is 0 Å². The number of imidazole rings is 1. The number of amides is 1. The number of rotatable bonds is 5. The Morgan fingerprint density at radius 2 is 1.62 bits per heavy atom. The Labute approximate surface area is 183 Å². The van der Waals surface area contributed by atoms with Gasteiger partial charge in [0.2, 0.25) is 0 Å². The maximum Gasteiger partial charge on any atom is 0.332 e. The number of nitrogens with one attached hydrogen (secondary N) is 1. The molecule has 0 saturated heterocycles. The van der Waals surface area contributed by atoms with Gasteiger partial charge in [-0.05, 0) is 23.6 Å². The van der Waals surface area contributed by atoms with Gasteiger partial charge in [0.15, 0.2) is 11.2 Å². The number of carbonyl (C=O) groups excluding carboxylic acids is 1. The first-order valence-electron chi connectivity index (χ1n) is 9.96. The van der Waals surface area contributed by atoms with E-state index in [0.717, 1.165) is 21.3 Å². The molecule has 0 saturated carbocycles. The predicted molar refractivity (Wildman–Crippen MR) is 122 cm³/mol. The van der Waals surface area contributed by atoms with Crippen molar-refractivity contribution in [3.05, 3.63) is 87.3 Å². The molecule has 2 heterocycles. The minimum absolute atomic E-state index is 0.159. The summed E-state index contributed by atoms with van der Waals surface area (Å²) >= 11 is 0. The van der Waals surface area contributed by atoms with Crippen molar-refractivity contribution in [3.63, 3.8) is 0 Å². The lowest BCUT2D eigenvalue weighted by atomic mass is 10.0. The van der Waals surface area contributed by atoms with Crippen LogP contribution >= 0.6 is 0 Å². The van der Waals surface area contributed by atoms with E-state index in [1.807, 2.05) is 54.6 Å². The number of hydrazone groups is 1. The minimum atomic E-state index is -0.508. The predicted octanol–water partition coefficient (Wildman–Crippen LogP) is 1.64. The molecule has 0 aliphatic carbocycles. The third-order valence-electron chi connectivity index (χ3n) is 5.29. The van der Waals surface area contributed by atoms with Gasteiger partial charge in [-0.2, -0.15) is 5.10 Å². The van der Waals surface area contributed by atoms with Gasteiger partial charge in [-0.15, -0.1) is 0 Å². The van der Waals surface area contributed by atoms with Gasteiger partial charge in [0, 0.05) is 14.1 Å². The minimum Gasteiger partial charge on any atom is -0.315 e. The Balaban J connectivity index is 1.49. The zero-order chi connectivity index (χ0) is 22.8. The summed E-state index contributed by atoms with van der Waals surface area (Å²) in [6.07, 6.45) is 1.37. The molecule has 2 aromatic heterocycles. The van der Waals surface area contributed by atoms with Crippen LogP contribution < -0.4 is 16.7 Å². The Bertz CT molecular complexity index is 1440. The second-order valence-corrected chi connectivity index (χ2v) is 7.43. The molecule has 32 heavy (non-hydrogen) atoms. The molecule has 0 spiro atoms. The molecule has 0 bridgehead atoms. The van der Waals surface area contributed by atoms with Gasteiger partial charge < -0.3 is 4.57 Å². The van der Waals surface area contributed by atoms with Crippen molar-refractivity contribution in [2.24, 2.45) is 19.2 Å². The molecule has 1 amide bonds. The topological polar surface area (TPSA) is 103 Å². The van der Waals surface area contributed by atoms with Gasteiger partial charge >= 0.3 is 5.69 Å². The summed E-state index contributed by atoms with van der Waals surface area (Å²) in [6.45, 7) is 1.64. The molecule has 0 fully saturated rings. The van der Waals surface area contributed by atoms with Crippen molar-refractivity contribution in [1.82, 2.24) is 24.1 Å². The number of aromatic nitrogens is 4. The fourth-order valence-corrected chi connectivity index (χ4v) is 3.45. The van der Waals surface area contributed by atoms with E-state index < -0.39 is 17.2 Å². The molecule has 0 unspecified atom stereocenters. The SMILES string of the molecule is C/C(=N\NC(=O)Cn1cnc2c1c(=O)n(C)c(=O)n2C)c1ccc(-c2ccccc2)cc1. The molecule has 162 valence electrons. The van der Waals surface area contributed by atoms with E-state index in [2.05, 4.69) is 15.5 Å². The lowest BCUT2D eigenvalue weighted by molar-refractivity contribution is -0.121. The van der Waals surface area contributed by atoms with Crippen molar-refractivity contribution in [1.29, 1.82) is 0 Å². The Morgan fingerprint density at radius 1 is 0.969 bits per heavy atom. The van der Waals surface area contributed by atoms with E-state index in [1.165, 1.54) is 29.6 Å². The van der Waals surface area contributed by atoms with Gasteiger partial charge in [0.25, 0.3) is 11.5 Å². The number of nitrogens with zero attached hydrogens (tertiary/aromatic N) is 5. The molecular weight excluding hydrogens is 408 g/mol. The van der Waals surface area contributed by atoms with Crippen LogP contribution in [0.3, 0.4) is 0 Å². The highest BCUT2D eigenvalue weighted by Gasteiger charge is 2.15. The summed E-state index contributed by atoms with van der Waals surface area (Å²) in [5.41, 5.74) is 5.67. The van der Waals surface area contributed by atoms with Crippen molar-refractivity contribution in [2.75, 3.05) is 0 Å². The highest BCUT2D eigenvalue weighted by molar-refractivity contribution is 5.99. The highest BCUT2D eigenvalue weighted by Crippen LogP contribution is 2.19. The van der Waals surface area contributed by atoms with E-state index in [4.69, 9.17) is 0 Å². The molecule has 4 aromatic rings. The summed E-state index contributed by atoms with van der Waals surface area (Å²) in [5, 5.41) is 4.17. The summed E-state index contributed by atoms with van der Waals surface area (Å²) in [5.74, 6) is -0.416. The first-order chi connectivity index (χ1) is 15.4. The average Bonchev–Trinajstić information content (AvgIpc) is 3.24. The summed E-state index contributed by atoms with van der Waals surface area (Å²) in [6, 6.07) is 17.9. The van der Waals surface area contributed by atoms with Crippen LogP contribution in [0.25, 0.3) is 22.3 Å². The van der Waals surface area contributed by atoms with E-state index in [-0.39, 0.29) is 17.7 Å². The third-order valence-corrected chi connectivity index (χ3v) is 5.29. The lowest BCUT2D eigenvalue weighted by Gasteiger charge is -2.07. The van der Waals surface area contributed by atoms with Crippen molar-refractivity contribution in [2.45, 2.75) is 13.5 Å². The number of hydrogen-bond donors (Lipinski definition) is 1. The van der Waals surface area contributed by atoms with Gasteiger partial charge in [-0.3, -0.25) is 18.7 Å². The highest BCUT2D eigenvalue weighted by atomic mass is 16.2. The van der Waals surface area contributed by atoms with E-state index in [1.54, 1.807) is 6.92 Å². The molecular formula is C23H22N6O3. The zero-order valence-electron chi connectivity index (χ0n) is 17.9. The van der Waals surface area contributed by atoms with Gasteiger partial charge in [0.05, 0.1) is 12.0 Å². The molecule has 1 N–H and O–H groups in total. The summed E-state index contributed by atoms with van der Waals surface area (Å²) < 4.78 is 3.66. The fourth-order valence-electron chi connectivity index (χ4n) is 3.45. The first kappa shape index (κ1) is 21.0. The number of carbonyl (C=O) groups is 1. The summed E-state index contributed by atoms with van der Waals surface area (Å²) in [4.78, 5) is 41.0. The largest absolute Gasteiger partial charge is 0.332 e. The Morgan fingerprint density at radius 3 is 2.31 bits per heavy atom. The van der Waals surface area contributed by atoms with Crippen LogP contribution in [0, 0.1) is 0 Å². The van der Waals surface area contributed by atoms with Gasteiger partial charge in [-0.1, -0.05) is 54.6 Å². The number of hydrogen-bond acceptors (Lipinski definition) is 5. The van der Waals surface area contributed by atoms with Gasteiger partial charge in [0.1, 0.15) is 6.54 Å². The van der Waals surface area contributed by atoms with Crippen LogP contribution in [0.2, 0.25) is 0 Å². The normalized spacial score (nSPS) is 11.7. The van der Waals surface area contributed by atoms with E-state index in [9.17, 15) is 14.4 Å². The second kappa shape index (κ2) is 8.46. The molecule has 2 aromatic carbocycles. The molecule has 0 radical (unpaired) electrons. The van der Waals surface area contributed by atoms with Crippen LogP contribution in [0.1, 0.15) is 12.5 Å². The smallest absolute Gasteiger partial charge is 0.315 e. The maximum absolute atomic E-state index is 12.5. The second-order valence-electron chi connectivity index (χ2n) is 7.43. The first-order valence-corrected chi connectivity index (χ1v) is 9.96. The molecule has 4 rings (SSSR count). The van der Waals surface area contributed by atoms with Crippen molar-refractivity contribution < 1.29 is 4.79 Å². The van der Waals surface area contributed by atoms with Gasteiger partial charge in [-0.25, -0.2) is 15.2 Å². The monoisotopic (exact) mass is 430 g/mol. The van der Waals surface area contributed by atoms with Crippen LogP contribution in [0.15, 0.2) is 75.6 Å². The molecule has 0 aliphatic heterocycles. The molecule has 9 heteroatoms. The van der Waals surface area contributed by atoms with Crippen molar-refractivity contribution in [3.8, 4) is 11.1 Å². The van der Waals surface area contributed by atoms with Crippen LogP contribution in [0.4, 0.5) is 0 Å². The maximum atomic E-state index is 12.5. The molecule has 0 atom stereocenters. The fraction of sp³-hybridized carbons (Fsp3) is 0.174. The van der Waals surface area contributed by atoms with Crippen LogP contribution in [-0.2, 0) is 25.4 Å². The van der Waals surface area contributed by atoms with Crippen molar-refractivity contribution >= 4 is 22.8 Å². The molecule has 9 nitrogen and oxygen atoms in total. The summed E-state index contributed by atoms with van der Waals surface area (Å²) in [7, 11) is 2.91. The lowest BCUT2D eigenvalue weighted by Crippen LogP contribution is -2.38. The Hall–Kier alpha value is -4.27. The Kier molecular flexibility index (Phi) is 5.55. The number of fused-ring (bicyclic) bond motifs is 1. The zero-order valence-corrected chi connectivity index (χ0v) is 17.9. The standard InChI is InChI=1S/C23H22N6O3/c1-15(16-9-11-18(12-10-16)17-7-5-4-6-8-17)25-26-19(30)13-29-14-24-21-20(29)22(31)28(3)23(32)27(21)2/h4-12,14H,13H2,1-3H3,(H,26,30)/b25-15+. The number of benzene rings is 2. The third kappa shape index (κ3) is 3.87. The molecule has 0 aliphatic rings. The average molecular weight is 430 g/mol. The quantitative estimate of drug-likeness (QED) is 0.384. The van der Waals surface area contributed by atoms with Crippen LogP contribution in [-0.4, -0.2) is 30.3 Å². The number of aryl methyl sites for hydroxylation is 1. The van der Waals surface area contributed by atoms with Crippen LogP contribution in [0.5, 0.6) is 0 Å². The van der Waals surface area contributed by atoms with E-state index in [0.29, 0.717) is 5.71 Å².